The molecule has 0 saturated heterocycles. The Morgan fingerprint density at radius 3 is 2.24 bits per heavy atom. The summed E-state index contributed by atoms with van der Waals surface area (Å²) in [5.74, 6) is -1.06. The van der Waals surface area contributed by atoms with Crippen molar-refractivity contribution in [3.8, 4) is 0 Å². The minimum absolute atomic E-state index is 0.250. The summed E-state index contributed by atoms with van der Waals surface area (Å²) in [4.78, 5) is 25.3. The van der Waals surface area contributed by atoms with Crippen LogP contribution in [0.5, 0.6) is 0 Å². The molecule has 3 aromatic carbocycles. The number of para-hydroxylation sites is 1. The first-order chi connectivity index (χ1) is 12.1. The number of hydrogen-bond acceptors (Lipinski definition) is 3. The lowest BCUT2D eigenvalue weighted by Crippen LogP contribution is -2.27. The van der Waals surface area contributed by atoms with E-state index in [1.807, 2.05) is 54.6 Å². The van der Waals surface area contributed by atoms with Crippen LogP contribution in [0.15, 0.2) is 70.8 Å². The van der Waals surface area contributed by atoms with Gasteiger partial charge in [-0.25, -0.2) is 0 Å². The van der Waals surface area contributed by atoms with Crippen molar-refractivity contribution < 1.29 is 9.59 Å². The highest BCUT2D eigenvalue weighted by Crippen LogP contribution is 2.42. The smallest absolute Gasteiger partial charge is 0.250 e. The molecule has 0 spiro atoms. The Kier molecular flexibility index (Phi) is 4.06. The van der Waals surface area contributed by atoms with Gasteiger partial charge in [0, 0.05) is 21.3 Å². The minimum atomic E-state index is -0.551. The molecule has 5 heteroatoms. The van der Waals surface area contributed by atoms with E-state index in [1.165, 1.54) is 0 Å². The molecule has 122 valence electrons. The number of anilines is 1. The first kappa shape index (κ1) is 16.2. The minimum Gasteiger partial charge on any atom is -0.351 e. The number of Topliss-reactive ketones (excluding diaryl/α,β-unsaturated/α-hetero) is 2. The number of carbonyl (C=O) groups is 2. The van der Waals surface area contributed by atoms with Gasteiger partial charge in [-0.3, -0.25) is 9.59 Å². The number of halogens is 2. The van der Waals surface area contributed by atoms with Gasteiger partial charge in [0.25, 0.3) is 5.78 Å². The van der Waals surface area contributed by atoms with Crippen molar-refractivity contribution in [3.05, 3.63) is 82.0 Å². The number of allylic oxidation sites excluding steroid dienone is 1. The molecule has 25 heavy (non-hydrogen) atoms. The van der Waals surface area contributed by atoms with Gasteiger partial charge in [0.1, 0.15) is 5.70 Å². The van der Waals surface area contributed by atoms with Crippen molar-refractivity contribution in [1.82, 2.24) is 0 Å². The third kappa shape index (κ3) is 2.64. The van der Waals surface area contributed by atoms with E-state index in [-0.39, 0.29) is 5.70 Å². The van der Waals surface area contributed by atoms with Gasteiger partial charge in [0.05, 0.1) is 4.48 Å². The van der Waals surface area contributed by atoms with E-state index < -0.39 is 11.6 Å². The molecular weight excluding hydrogens is 446 g/mol. The van der Waals surface area contributed by atoms with Crippen LogP contribution in [0.1, 0.15) is 15.9 Å². The molecule has 0 aliphatic heterocycles. The zero-order chi connectivity index (χ0) is 17.6. The molecule has 3 aromatic rings. The summed E-state index contributed by atoms with van der Waals surface area (Å²) in [5, 5.41) is 4.97. The highest BCUT2D eigenvalue weighted by Gasteiger charge is 2.34. The van der Waals surface area contributed by atoms with Gasteiger partial charge in [-0.1, -0.05) is 42.5 Å². The summed E-state index contributed by atoms with van der Waals surface area (Å²) in [5.41, 5.74) is 2.10. The molecular formula is C20H11Br2NO2. The van der Waals surface area contributed by atoms with Crippen LogP contribution in [-0.4, -0.2) is 11.6 Å². The number of nitrogens with one attached hydrogen (secondary N) is 1. The van der Waals surface area contributed by atoms with Crippen molar-refractivity contribution in [2.75, 3.05) is 5.32 Å². The molecule has 1 aliphatic carbocycles. The molecule has 4 rings (SSSR count). The van der Waals surface area contributed by atoms with E-state index >= 15 is 0 Å². The van der Waals surface area contributed by atoms with Gasteiger partial charge >= 0.3 is 0 Å². The fraction of sp³-hybridized carbons (Fsp3) is 0. The number of benzene rings is 3. The van der Waals surface area contributed by atoms with Crippen LogP contribution in [0, 0.1) is 0 Å². The molecule has 0 radical (unpaired) electrons. The fourth-order valence-electron chi connectivity index (χ4n) is 2.93. The highest BCUT2D eigenvalue weighted by atomic mass is 79.9. The maximum atomic E-state index is 12.7. The lowest BCUT2D eigenvalue weighted by molar-refractivity contribution is -0.111. The Labute approximate surface area is 161 Å². The fourth-order valence-corrected chi connectivity index (χ4v) is 4.66. The standard InChI is InChI=1S/C20H11Br2NO2/c21-16-13-9-5-4-6-11(13)10-14-15(16)17(22)18(20(25)19(14)24)23-12-7-2-1-3-8-12/h1-10,23H. The quantitative estimate of drug-likeness (QED) is 0.514. The number of rotatable bonds is 2. The first-order valence-electron chi connectivity index (χ1n) is 7.60. The zero-order valence-corrected chi connectivity index (χ0v) is 16.0. The largest absolute Gasteiger partial charge is 0.351 e. The maximum absolute atomic E-state index is 12.7. The van der Waals surface area contributed by atoms with Crippen molar-refractivity contribution in [2.24, 2.45) is 0 Å². The molecule has 0 unspecified atom stereocenters. The Bertz CT molecular complexity index is 1070. The molecule has 0 fully saturated rings. The van der Waals surface area contributed by atoms with Crippen LogP contribution in [0.2, 0.25) is 0 Å². The van der Waals surface area contributed by atoms with E-state index in [9.17, 15) is 9.59 Å². The van der Waals surface area contributed by atoms with Crippen LogP contribution >= 0.6 is 31.9 Å². The number of ketones is 2. The Balaban J connectivity index is 1.96. The number of hydrogen-bond donors (Lipinski definition) is 1. The number of carbonyl (C=O) groups excluding carboxylic acids is 2. The highest BCUT2D eigenvalue weighted by molar-refractivity contribution is 9.15. The average molecular weight is 457 g/mol. The van der Waals surface area contributed by atoms with E-state index in [0.717, 1.165) is 20.9 Å². The van der Waals surface area contributed by atoms with Crippen LogP contribution in [0.25, 0.3) is 15.3 Å². The maximum Gasteiger partial charge on any atom is 0.250 e. The second-order valence-electron chi connectivity index (χ2n) is 5.67. The predicted octanol–water partition coefficient (Wildman–Crippen LogP) is 5.54. The summed E-state index contributed by atoms with van der Waals surface area (Å²) in [6.07, 6.45) is 0. The van der Waals surface area contributed by atoms with Crippen molar-refractivity contribution >= 4 is 64.4 Å². The Hall–Kier alpha value is -2.24. The lowest BCUT2D eigenvalue weighted by atomic mass is 9.90. The summed E-state index contributed by atoms with van der Waals surface area (Å²) < 4.78 is 1.37. The Morgan fingerprint density at radius 2 is 1.48 bits per heavy atom. The summed E-state index contributed by atoms with van der Waals surface area (Å²) >= 11 is 7.14. The molecule has 0 aromatic heterocycles. The van der Waals surface area contributed by atoms with Gasteiger partial charge in [0.2, 0.25) is 5.78 Å². The van der Waals surface area contributed by atoms with E-state index in [1.54, 1.807) is 6.07 Å². The van der Waals surface area contributed by atoms with Crippen molar-refractivity contribution in [3.63, 3.8) is 0 Å². The zero-order valence-electron chi connectivity index (χ0n) is 12.8. The topological polar surface area (TPSA) is 46.2 Å². The number of fused-ring (bicyclic) bond motifs is 2. The van der Waals surface area contributed by atoms with Gasteiger partial charge < -0.3 is 5.32 Å². The van der Waals surface area contributed by atoms with E-state index in [0.29, 0.717) is 15.6 Å². The van der Waals surface area contributed by atoms with E-state index in [4.69, 9.17) is 0 Å². The SMILES string of the molecule is O=C1C(=O)c2cc3ccccc3c(Br)c2C(Br)=C1Nc1ccccc1. The molecule has 0 bridgehead atoms. The van der Waals surface area contributed by atoms with Crippen molar-refractivity contribution in [2.45, 2.75) is 0 Å². The third-order valence-electron chi connectivity index (χ3n) is 4.15. The summed E-state index contributed by atoms with van der Waals surface area (Å²) in [6, 6.07) is 18.8. The van der Waals surface area contributed by atoms with Gasteiger partial charge in [-0.2, -0.15) is 0 Å². The van der Waals surface area contributed by atoms with Crippen molar-refractivity contribution in [1.29, 1.82) is 0 Å². The third-order valence-corrected chi connectivity index (χ3v) is 5.76. The monoisotopic (exact) mass is 455 g/mol. The molecule has 1 aliphatic rings. The molecule has 0 heterocycles. The van der Waals surface area contributed by atoms with Crippen LogP contribution in [-0.2, 0) is 4.79 Å². The lowest BCUT2D eigenvalue weighted by Gasteiger charge is -2.21. The van der Waals surface area contributed by atoms with Gasteiger partial charge in [0.15, 0.2) is 0 Å². The van der Waals surface area contributed by atoms with Crippen LogP contribution < -0.4 is 5.32 Å². The Morgan fingerprint density at radius 1 is 0.800 bits per heavy atom. The molecule has 1 N–H and O–H groups in total. The van der Waals surface area contributed by atoms with Gasteiger partial charge in [-0.05, 0) is 60.8 Å². The normalized spacial score (nSPS) is 14.0. The average Bonchev–Trinajstić information content (AvgIpc) is 2.64. The van der Waals surface area contributed by atoms with Crippen LogP contribution in [0.4, 0.5) is 5.69 Å². The summed E-state index contributed by atoms with van der Waals surface area (Å²) in [7, 11) is 0. The second kappa shape index (κ2) is 6.24. The molecule has 0 amide bonds. The van der Waals surface area contributed by atoms with E-state index in [2.05, 4.69) is 37.2 Å². The molecule has 0 atom stereocenters. The van der Waals surface area contributed by atoms with Crippen LogP contribution in [0.3, 0.4) is 0 Å². The first-order valence-corrected chi connectivity index (χ1v) is 9.19. The van der Waals surface area contributed by atoms with Gasteiger partial charge in [-0.15, -0.1) is 0 Å². The molecule has 3 nitrogen and oxygen atoms in total. The summed E-state index contributed by atoms with van der Waals surface area (Å²) in [6.45, 7) is 0. The predicted molar refractivity (Wildman–Crippen MR) is 107 cm³/mol. The molecule has 0 saturated carbocycles. The second-order valence-corrected chi connectivity index (χ2v) is 7.26.